The maximum absolute atomic E-state index is 2.66. The second kappa shape index (κ2) is 3.88. The highest BCUT2D eigenvalue weighted by atomic mass is 127. The zero-order chi connectivity index (χ0) is 6.73. The molecule has 0 aromatic rings. The molecule has 0 saturated heterocycles. The van der Waals surface area contributed by atoms with Gasteiger partial charge >= 0.3 is 0 Å². The van der Waals surface area contributed by atoms with Crippen molar-refractivity contribution in [3.63, 3.8) is 0 Å². The number of hydrogen-bond acceptors (Lipinski definition) is 0. The molecular weight excluding hydrogens is 227 g/mol. The molecule has 0 aliphatic carbocycles. The zero-order valence-electron chi connectivity index (χ0n) is 6.11. The van der Waals surface area contributed by atoms with E-state index in [4.69, 9.17) is 0 Å². The van der Waals surface area contributed by atoms with Gasteiger partial charge in [-0.1, -0.05) is 27.7 Å². The van der Waals surface area contributed by atoms with Gasteiger partial charge in [0, 0.05) is 0 Å². The zero-order valence-corrected chi connectivity index (χ0v) is 9.42. The third-order valence-corrected chi connectivity index (χ3v) is 12.5. The Morgan fingerprint density at radius 1 is 1.00 bits per heavy atom. The molecule has 50 valence electrons. The highest BCUT2D eigenvalue weighted by Gasteiger charge is 2.14. The third-order valence-electron chi connectivity index (χ3n) is 1.27. The lowest BCUT2D eigenvalue weighted by molar-refractivity contribution is 0.968. The number of halogens is 1. The molecule has 0 N–H and O–H groups in total. The fourth-order valence-electron chi connectivity index (χ4n) is 0.770. The molecule has 0 fully saturated rings. The van der Waals surface area contributed by atoms with E-state index in [1.54, 1.807) is 0 Å². The van der Waals surface area contributed by atoms with Crippen molar-refractivity contribution in [3.8, 4) is 0 Å². The summed E-state index contributed by atoms with van der Waals surface area (Å²) in [5.74, 6) is 0. The van der Waals surface area contributed by atoms with Gasteiger partial charge < -0.3 is 0 Å². The fourth-order valence-corrected chi connectivity index (χ4v) is 2.31. The van der Waals surface area contributed by atoms with E-state index in [9.17, 15) is 0 Å². The molecule has 0 aliphatic heterocycles. The number of rotatable bonds is 2. The lowest BCUT2D eigenvalue weighted by Crippen LogP contribution is -2.11. The maximum atomic E-state index is 2.66. The normalized spacial score (nSPS) is 12.0. The van der Waals surface area contributed by atoms with Crippen molar-refractivity contribution in [1.82, 2.24) is 0 Å². The van der Waals surface area contributed by atoms with Gasteiger partial charge in [-0.25, -0.2) is 0 Å². The van der Waals surface area contributed by atoms with Crippen molar-refractivity contribution in [2.75, 3.05) is 0 Å². The first-order chi connectivity index (χ1) is 3.55. The predicted molar refractivity (Wildman–Crippen MR) is 51.4 cm³/mol. The highest BCUT2D eigenvalue weighted by Crippen LogP contribution is 2.24. The average molecular weight is 242 g/mol. The molecule has 0 atom stereocenters. The summed E-state index contributed by atoms with van der Waals surface area (Å²) in [7, 11) is 0. The minimum absolute atomic E-state index is 0.379. The van der Waals surface area contributed by atoms with Gasteiger partial charge in [-0.15, -0.1) is 21.8 Å². The van der Waals surface area contributed by atoms with E-state index in [0.717, 1.165) is 11.1 Å². The Morgan fingerprint density at radius 3 is 1.25 bits per heavy atom. The summed E-state index contributed by atoms with van der Waals surface area (Å²) in [6.45, 7) is 9.35. The Morgan fingerprint density at radius 2 is 1.25 bits per heavy atom. The van der Waals surface area contributed by atoms with E-state index in [2.05, 4.69) is 49.5 Å². The van der Waals surface area contributed by atoms with Crippen molar-refractivity contribution >= 4 is 28.1 Å². The molecule has 0 nitrogen and oxygen atoms in total. The fraction of sp³-hybridized carbons (Fsp3) is 1.00. The van der Waals surface area contributed by atoms with Gasteiger partial charge in [-0.2, -0.15) is 0 Å². The maximum Gasteiger partial charge on any atom is 0.115 e. The van der Waals surface area contributed by atoms with Gasteiger partial charge in [0.1, 0.15) is 6.29 Å². The predicted octanol–water partition coefficient (Wildman–Crippen LogP) is 2.97. The van der Waals surface area contributed by atoms with Gasteiger partial charge in [0.25, 0.3) is 0 Å². The van der Waals surface area contributed by atoms with E-state index in [1.165, 1.54) is 0 Å². The summed E-state index contributed by atoms with van der Waals surface area (Å²) in [5, 5.41) is 0. The van der Waals surface area contributed by atoms with Crippen molar-refractivity contribution in [2.45, 2.75) is 38.8 Å². The van der Waals surface area contributed by atoms with E-state index >= 15 is 0 Å². The topological polar surface area (TPSA) is 0 Å². The summed E-state index contributed by atoms with van der Waals surface area (Å²) in [6, 6.07) is 0. The van der Waals surface area contributed by atoms with Crippen LogP contribution < -0.4 is 0 Å². The summed E-state index contributed by atoms with van der Waals surface area (Å²) >= 11 is 2.66. The Labute approximate surface area is 66.9 Å². The van der Waals surface area contributed by atoms with Crippen molar-refractivity contribution < 1.29 is 0 Å². The van der Waals surface area contributed by atoms with Gasteiger partial charge in [0.15, 0.2) is 0 Å². The molecule has 8 heavy (non-hydrogen) atoms. The minimum atomic E-state index is -0.379. The van der Waals surface area contributed by atoms with E-state index in [0.29, 0.717) is 0 Å². The summed E-state index contributed by atoms with van der Waals surface area (Å²) in [5.41, 5.74) is 1.94. The first-order valence-electron chi connectivity index (χ1n) is 3.19. The molecule has 2 heteroatoms. The second-order valence-corrected chi connectivity index (χ2v) is 10.8. The van der Waals surface area contributed by atoms with Crippen LogP contribution in [0.3, 0.4) is 0 Å². The summed E-state index contributed by atoms with van der Waals surface area (Å²) < 4.78 is 0. The standard InChI is InChI=1S/C6H15ISi/c1-5(2)8(7)6(3)4/h5-6,8H,1-4H3. The largest absolute Gasteiger partial charge is 0.123 e. The van der Waals surface area contributed by atoms with Crippen molar-refractivity contribution in [1.29, 1.82) is 0 Å². The summed E-state index contributed by atoms with van der Waals surface area (Å²) in [6.07, 6.45) is -0.379. The van der Waals surface area contributed by atoms with Crippen LogP contribution >= 0.6 is 21.8 Å². The molecule has 0 aliphatic rings. The van der Waals surface area contributed by atoms with Gasteiger partial charge in [-0.05, 0) is 11.1 Å². The third kappa shape index (κ3) is 3.07. The van der Waals surface area contributed by atoms with Crippen LogP contribution in [0, 0.1) is 0 Å². The van der Waals surface area contributed by atoms with Crippen LogP contribution in [-0.2, 0) is 0 Å². The molecule has 0 saturated carbocycles. The lowest BCUT2D eigenvalue weighted by Gasteiger charge is -2.14. The smallest absolute Gasteiger partial charge is 0.115 e. The highest BCUT2D eigenvalue weighted by molar-refractivity contribution is 14.1. The molecule has 0 aromatic carbocycles. The van der Waals surface area contributed by atoms with Crippen molar-refractivity contribution in [2.24, 2.45) is 0 Å². The number of hydrogen-bond donors (Lipinski definition) is 0. The molecule has 0 rings (SSSR count). The van der Waals surface area contributed by atoms with Crippen molar-refractivity contribution in [3.05, 3.63) is 0 Å². The molecule has 0 radical (unpaired) electrons. The molecule has 0 aromatic heterocycles. The molecular formula is C6H15ISi. The van der Waals surface area contributed by atoms with Crippen LogP contribution in [0.4, 0.5) is 0 Å². The van der Waals surface area contributed by atoms with Crippen LogP contribution in [0.5, 0.6) is 0 Å². The first kappa shape index (κ1) is 8.95. The second-order valence-electron chi connectivity index (χ2n) is 2.93. The Kier molecular flexibility index (Phi) is 4.33. The molecule has 0 unspecified atom stereocenters. The van der Waals surface area contributed by atoms with E-state index in [1.807, 2.05) is 0 Å². The van der Waals surface area contributed by atoms with Gasteiger partial charge in [-0.3, -0.25) is 0 Å². The quantitative estimate of drug-likeness (QED) is 0.396. The summed E-state index contributed by atoms with van der Waals surface area (Å²) in [4.78, 5) is 0. The van der Waals surface area contributed by atoms with Crippen LogP contribution in [0.2, 0.25) is 11.1 Å². The Hall–Kier alpha value is 0.947. The van der Waals surface area contributed by atoms with Gasteiger partial charge in [0.2, 0.25) is 0 Å². The SMILES string of the molecule is CC(C)[SiH](I)C(C)C. The lowest BCUT2D eigenvalue weighted by atomic mass is 10.5. The molecule has 0 spiro atoms. The molecule has 0 bridgehead atoms. The van der Waals surface area contributed by atoms with Crippen LogP contribution in [-0.4, -0.2) is 6.29 Å². The Bertz CT molecular complexity index is 53.5. The van der Waals surface area contributed by atoms with Crippen LogP contribution in [0.25, 0.3) is 0 Å². The van der Waals surface area contributed by atoms with E-state index in [-0.39, 0.29) is 6.29 Å². The molecule has 0 heterocycles. The van der Waals surface area contributed by atoms with Crippen LogP contribution in [0.15, 0.2) is 0 Å². The average Bonchev–Trinajstić information content (AvgIpc) is 1.64. The van der Waals surface area contributed by atoms with Crippen LogP contribution in [0.1, 0.15) is 27.7 Å². The van der Waals surface area contributed by atoms with Gasteiger partial charge in [0.05, 0.1) is 0 Å². The monoisotopic (exact) mass is 242 g/mol. The molecule has 0 amide bonds. The Balaban J connectivity index is 3.46. The minimum Gasteiger partial charge on any atom is -0.123 e. The first-order valence-corrected chi connectivity index (χ1v) is 8.70. The van der Waals surface area contributed by atoms with E-state index < -0.39 is 0 Å².